The van der Waals surface area contributed by atoms with Crippen molar-refractivity contribution in [1.82, 2.24) is 9.29 Å². The van der Waals surface area contributed by atoms with Gasteiger partial charge in [0.25, 0.3) is 6.43 Å². The van der Waals surface area contributed by atoms with Crippen molar-refractivity contribution in [2.45, 2.75) is 11.3 Å². The van der Waals surface area contributed by atoms with E-state index in [-0.39, 0.29) is 16.8 Å². The number of pyridine rings is 1. The van der Waals surface area contributed by atoms with E-state index in [0.717, 1.165) is 10.5 Å². The van der Waals surface area contributed by atoms with Crippen molar-refractivity contribution < 1.29 is 17.2 Å². The van der Waals surface area contributed by atoms with Gasteiger partial charge in [-0.3, -0.25) is 4.98 Å². The number of sulfonamides is 1. The summed E-state index contributed by atoms with van der Waals surface area (Å²) in [6, 6.07) is 1.33. The molecule has 0 aliphatic rings. The van der Waals surface area contributed by atoms with Crippen molar-refractivity contribution in [3.63, 3.8) is 0 Å². The largest absolute Gasteiger partial charge is 0.262 e. The van der Waals surface area contributed by atoms with Gasteiger partial charge in [-0.15, -0.1) is 0 Å². The van der Waals surface area contributed by atoms with Gasteiger partial charge in [0.05, 0.1) is 6.54 Å². The van der Waals surface area contributed by atoms with Crippen LogP contribution in [0.2, 0.25) is 0 Å². The van der Waals surface area contributed by atoms with Gasteiger partial charge < -0.3 is 0 Å². The maximum absolute atomic E-state index is 12.4. The number of aromatic nitrogens is 1. The molecule has 0 radical (unpaired) electrons. The summed E-state index contributed by atoms with van der Waals surface area (Å²) >= 11 is 6.13. The van der Waals surface area contributed by atoms with Crippen molar-refractivity contribution in [2.24, 2.45) is 0 Å². The molecule has 0 N–H and O–H groups in total. The Morgan fingerprint density at radius 1 is 1.39 bits per heavy atom. The second kappa shape index (κ2) is 6.88. The summed E-state index contributed by atoms with van der Waals surface area (Å²) in [4.78, 5) is 3.61. The predicted octanol–water partition coefficient (Wildman–Crippen LogP) is 2.49. The van der Waals surface area contributed by atoms with E-state index in [1.165, 1.54) is 12.3 Å². The third-order valence-electron chi connectivity index (χ3n) is 1.99. The molecule has 1 aromatic rings. The standard InChI is InChI=1S/C9H10Br2F2N2O2S/c10-1-2-15(6-9(12)13)18(16,17)8-3-7(11)4-14-5-8/h3-5,9H,1-2,6H2. The van der Waals surface area contributed by atoms with Crippen molar-refractivity contribution in [2.75, 3.05) is 18.4 Å². The minimum Gasteiger partial charge on any atom is -0.262 e. The second-order valence-corrected chi connectivity index (χ2v) is 6.93. The summed E-state index contributed by atoms with van der Waals surface area (Å²) < 4.78 is 50.2. The second-order valence-electron chi connectivity index (χ2n) is 3.28. The molecule has 0 bridgehead atoms. The summed E-state index contributed by atoms with van der Waals surface area (Å²) in [6.07, 6.45) is -0.174. The highest BCUT2D eigenvalue weighted by Crippen LogP contribution is 2.19. The fourth-order valence-corrected chi connectivity index (χ4v) is 3.83. The van der Waals surface area contributed by atoms with Crippen molar-refractivity contribution in [3.8, 4) is 0 Å². The van der Waals surface area contributed by atoms with E-state index in [1.54, 1.807) is 0 Å². The quantitative estimate of drug-likeness (QED) is 0.680. The zero-order chi connectivity index (χ0) is 13.8. The van der Waals surface area contributed by atoms with Gasteiger partial charge in [-0.2, -0.15) is 4.31 Å². The fourth-order valence-electron chi connectivity index (χ4n) is 1.24. The monoisotopic (exact) mass is 406 g/mol. The Bertz CT molecular complexity index is 499. The van der Waals surface area contributed by atoms with E-state index >= 15 is 0 Å². The number of hydrogen-bond acceptors (Lipinski definition) is 3. The van der Waals surface area contributed by atoms with Crippen molar-refractivity contribution in [1.29, 1.82) is 0 Å². The molecule has 4 nitrogen and oxygen atoms in total. The smallest absolute Gasteiger partial charge is 0.252 e. The maximum atomic E-state index is 12.4. The Labute approximate surface area is 121 Å². The molecule has 0 saturated carbocycles. The number of alkyl halides is 3. The molecule has 0 saturated heterocycles. The highest BCUT2D eigenvalue weighted by molar-refractivity contribution is 9.10. The highest BCUT2D eigenvalue weighted by atomic mass is 79.9. The van der Waals surface area contributed by atoms with E-state index in [0.29, 0.717) is 4.47 Å². The Morgan fingerprint density at radius 3 is 2.56 bits per heavy atom. The van der Waals surface area contributed by atoms with Gasteiger partial charge in [0.1, 0.15) is 4.90 Å². The molecule has 0 atom stereocenters. The summed E-state index contributed by atoms with van der Waals surface area (Å²) in [6.45, 7) is -0.861. The Kier molecular flexibility index (Phi) is 6.09. The zero-order valence-corrected chi connectivity index (χ0v) is 13.1. The molecule has 102 valence electrons. The van der Waals surface area contributed by atoms with Gasteiger partial charge in [0, 0.05) is 28.7 Å². The van der Waals surface area contributed by atoms with Gasteiger partial charge in [-0.25, -0.2) is 17.2 Å². The number of halogens is 4. The summed E-state index contributed by atoms with van der Waals surface area (Å²) in [5.41, 5.74) is 0. The molecule has 1 heterocycles. The minimum absolute atomic E-state index is 0.0286. The third kappa shape index (κ3) is 4.22. The van der Waals surface area contributed by atoms with Crippen molar-refractivity contribution in [3.05, 3.63) is 22.9 Å². The SMILES string of the molecule is O=S(=O)(c1cncc(Br)c1)N(CCBr)CC(F)F. The molecule has 18 heavy (non-hydrogen) atoms. The van der Waals surface area contributed by atoms with Crippen LogP contribution in [0.3, 0.4) is 0 Å². The maximum Gasteiger partial charge on any atom is 0.252 e. The number of nitrogens with zero attached hydrogens (tertiary/aromatic N) is 2. The van der Waals surface area contributed by atoms with Gasteiger partial charge >= 0.3 is 0 Å². The lowest BCUT2D eigenvalue weighted by molar-refractivity contribution is 0.121. The molecule has 0 aliphatic carbocycles. The Morgan fingerprint density at radius 2 is 2.06 bits per heavy atom. The van der Waals surface area contributed by atoms with Crippen LogP contribution in [0.25, 0.3) is 0 Å². The van der Waals surface area contributed by atoms with Gasteiger partial charge in [0.15, 0.2) is 0 Å². The van der Waals surface area contributed by atoms with E-state index in [4.69, 9.17) is 0 Å². The topological polar surface area (TPSA) is 50.3 Å². The summed E-state index contributed by atoms with van der Waals surface area (Å²) in [7, 11) is -3.95. The first-order chi connectivity index (χ1) is 8.37. The lowest BCUT2D eigenvalue weighted by atomic mass is 10.5. The average Bonchev–Trinajstić information content (AvgIpc) is 2.28. The Hall–Kier alpha value is -0.120. The van der Waals surface area contributed by atoms with Crippen LogP contribution in [0.15, 0.2) is 27.8 Å². The Balaban J connectivity index is 3.08. The molecular formula is C9H10Br2F2N2O2S. The van der Waals surface area contributed by atoms with E-state index in [1.807, 2.05) is 0 Å². The molecule has 0 aliphatic heterocycles. The van der Waals surface area contributed by atoms with E-state index in [9.17, 15) is 17.2 Å². The summed E-state index contributed by atoms with van der Waals surface area (Å²) in [5, 5.41) is 0.278. The van der Waals surface area contributed by atoms with Crippen LogP contribution < -0.4 is 0 Å². The van der Waals surface area contributed by atoms with Crippen LogP contribution in [0, 0.1) is 0 Å². The van der Waals surface area contributed by atoms with Crippen LogP contribution in [-0.2, 0) is 10.0 Å². The number of rotatable bonds is 6. The molecular weight excluding hydrogens is 398 g/mol. The molecule has 9 heteroatoms. The average molecular weight is 408 g/mol. The molecule has 1 rings (SSSR count). The van der Waals surface area contributed by atoms with Crippen LogP contribution in [0.5, 0.6) is 0 Å². The third-order valence-corrected chi connectivity index (χ3v) is 4.61. The first-order valence-electron chi connectivity index (χ1n) is 4.82. The first kappa shape index (κ1) is 15.9. The van der Waals surface area contributed by atoms with Gasteiger partial charge in [-0.1, -0.05) is 15.9 Å². The first-order valence-corrected chi connectivity index (χ1v) is 8.18. The minimum atomic E-state index is -3.95. The highest BCUT2D eigenvalue weighted by Gasteiger charge is 2.27. The van der Waals surface area contributed by atoms with Crippen LogP contribution in [-0.4, -0.2) is 42.6 Å². The van der Waals surface area contributed by atoms with Crippen molar-refractivity contribution >= 4 is 41.9 Å². The molecule has 1 aromatic heterocycles. The van der Waals surface area contributed by atoms with Crippen LogP contribution >= 0.6 is 31.9 Å². The normalized spacial score (nSPS) is 12.3. The fraction of sp³-hybridized carbons (Fsp3) is 0.444. The number of hydrogen-bond donors (Lipinski definition) is 0. The molecule has 0 fully saturated rings. The lowest BCUT2D eigenvalue weighted by Gasteiger charge is -2.20. The van der Waals surface area contributed by atoms with E-state index in [2.05, 4.69) is 36.8 Å². The molecule has 0 aromatic carbocycles. The van der Waals surface area contributed by atoms with Gasteiger partial charge in [0.2, 0.25) is 10.0 Å². The predicted molar refractivity (Wildman–Crippen MR) is 70.5 cm³/mol. The molecule has 0 unspecified atom stereocenters. The lowest BCUT2D eigenvalue weighted by Crippen LogP contribution is -2.36. The van der Waals surface area contributed by atoms with Crippen LogP contribution in [0.1, 0.15) is 0 Å². The van der Waals surface area contributed by atoms with Crippen LogP contribution in [0.4, 0.5) is 8.78 Å². The zero-order valence-electron chi connectivity index (χ0n) is 9.06. The summed E-state index contributed by atoms with van der Waals surface area (Å²) in [5.74, 6) is 0. The molecule has 0 spiro atoms. The van der Waals surface area contributed by atoms with Gasteiger partial charge in [-0.05, 0) is 22.0 Å². The molecule has 0 amide bonds. The van der Waals surface area contributed by atoms with E-state index < -0.39 is 23.0 Å².